The van der Waals surface area contributed by atoms with E-state index in [0.29, 0.717) is 5.82 Å². The van der Waals surface area contributed by atoms with Crippen LogP contribution in [-0.4, -0.2) is 0 Å². The number of benzene rings is 1. The van der Waals surface area contributed by atoms with E-state index in [4.69, 9.17) is 11.6 Å². The van der Waals surface area contributed by atoms with Gasteiger partial charge in [-0.25, -0.2) is 0 Å². The average molecular weight is 160 g/mol. The molecule has 0 atom stereocenters. The van der Waals surface area contributed by atoms with Gasteiger partial charge in [-0.15, -0.1) is 4.68 Å². The number of rotatable bonds is 0. The average Bonchev–Trinajstić information content (AvgIpc) is 2.07. The second kappa shape index (κ2) is 2.37. The molecule has 1 aromatic heterocycles. The summed E-state index contributed by atoms with van der Waals surface area (Å²) in [7, 11) is 0. The molecule has 12 heavy (non-hydrogen) atoms. The molecule has 3 heteroatoms. The zero-order valence-electron chi connectivity index (χ0n) is 6.57. The van der Waals surface area contributed by atoms with Crippen LogP contribution in [0.4, 0.5) is 5.82 Å². The zero-order chi connectivity index (χ0) is 8.55. The van der Waals surface area contributed by atoms with E-state index >= 15 is 0 Å². The third-order valence-corrected chi connectivity index (χ3v) is 1.88. The van der Waals surface area contributed by atoms with Crippen LogP contribution < -0.4 is 16.3 Å². The fraction of sp³-hybridized carbons (Fsp3) is 0. The van der Waals surface area contributed by atoms with Gasteiger partial charge in [0.1, 0.15) is 6.20 Å². The molecule has 4 N–H and O–H groups in total. The third-order valence-electron chi connectivity index (χ3n) is 1.88. The van der Waals surface area contributed by atoms with Gasteiger partial charge in [-0.3, -0.25) is 11.6 Å². The minimum Gasteiger partial charge on any atom is -0.285 e. The lowest BCUT2D eigenvalue weighted by Crippen LogP contribution is -2.46. The van der Waals surface area contributed by atoms with Crippen molar-refractivity contribution in [2.75, 3.05) is 11.6 Å². The highest BCUT2D eigenvalue weighted by atomic mass is 15.3. The Bertz CT molecular complexity index is 383. The maximum atomic E-state index is 5.62. The van der Waals surface area contributed by atoms with Gasteiger partial charge in [-0.2, -0.15) is 0 Å². The number of pyridine rings is 1. The van der Waals surface area contributed by atoms with Crippen LogP contribution in [0, 0.1) is 0 Å². The SMILES string of the molecule is Nc1cc2ccccc2c[n+]1N. The summed E-state index contributed by atoms with van der Waals surface area (Å²) in [4.78, 5) is 0. The lowest BCUT2D eigenvalue weighted by molar-refractivity contribution is -0.622. The van der Waals surface area contributed by atoms with E-state index < -0.39 is 0 Å². The Hall–Kier alpha value is -1.77. The lowest BCUT2D eigenvalue weighted by Gasteiger charge is -1.98. The Morgan fingerprint density at radius 3 is 2.50 bits per heavy atom. The molecule has 0 saturated heterocycles. The summed E-state index contributed by atoms with van der Waals surface area (Å²) in [5.74, 6) is 6.14. The molecule has 0 bridgehead atoms. The van der Waals surface area contributed by atoms with E-state index in [-0.39, 0.29) is 0 Å². The Balaban J connectivity index is 2.84. The molecule has 2 rings (SSSR count). The van der Waals surface area contributed by atoms with E-state index in [9.17, 15) is 0 Å². The molecule has 0 aliphatic heterocycles. The van der Waals surface area contributed by atoms with Gasteiger partial charge in [0.25, 0.3) is 5.82 Å². The highest BCUT2D eigenvalue weighted by molar-refractivity contribution is 5.82. The van der Waals surface area contributed by atoms with Crippen molar-refractivity contribution >= 4 is 16.6 Å². The van der Waals surface area contributed by atoms with E-state index in [1.54, 1.807) is 0 Å². The molecule has 0 radical (unpaired) electrons. The van der Waals surface area contributed by atoms with Gasteiger partial charge in [0.15, 0.2) is 0 Å². The maximum Gasteiger partial charge on any atom is 0.296 e. The van der Waals surface area contributed by atoms with Crippen LogP contribution in [0.2, 0.25) is 0 Å². The molecule has 0 aliphatic rings. The zero-order valence-corrected chi connectivity index (χ0v) is 6.57. The minimum atomic E-state index is 0.564. The van der Waals surface area contributed by atoms with Crippen molar-refractivity contribution in [2.45, 2.75) is 0 Å². The first-order valence-electron chi connectivity index (χ1n) is 3.72. The predicted molar refractivity (Wildman–Crippen MR) is 48.7 cm³/mol. The normalized spacial score (nSPS) is 10.3. The molecule has 2 aromatic rings. The highest BCUT2D eigenvalue weighted by Gasteiger charge is 2.01. The number of hydrogen-bond donors (Lipinski definition) is 2. The van der Waals surface area contributed by atoms with Crippen LogP contribution in [0.5, 0.6) is 0 Å². The largest absolute Gasteiger partial charge is 0.296 e. The third kappa shape index (κ3) is 0.955. The summed E-state index contributed by atoms with van der Waals surface area (Å²) in [6.45, 7) is 0. The quantitative estimate of drug-likeness (QED) is 0.433. The molecule has 0 saturated carbocycles. The summed E-state index contributed by atoms with van der Waals surface area (Å²) < 4.78 is 1.42. The van der Waals surface area contributed by atoms with Crippen molar-refractivity contribution in [3.8, 4) is 0 Å². The van der Waals surface area contributed by atoms with Crippen molar-refractivity contribution < 1.29 is 4.68 Å². The summed E-state index contributed by atoms with van der Waals surface area (Å²) >= 11 is 0. The van der Waals surface area contributed by atoms with Crippen LogP contribution >= 0.6 is 0 Å². The second-order valence-corrected chi connectivity index (χ2v) is 2.73. The van der Waals surface area contributed by atoms with Crippen molar-refractivity contribution in [3.63, 3.8) is 0 Å². The van der Waals surface area contributed by atoms with Gasteiger partial charge >= 0.3 is 0 Å². The maximum absolute atomic E-state index is 5.62. The van der Waals surface area contributed by atoms with Crippen LogP contribution in [0.15, 0.2) is 36.5 Å². The Labute approximate surface area is 70.2 Å². The van der Waals surface area contributed by atoms with Crippen molar-refractivity contribution in [3.05, 3.63) is 36.5 Å². The monoisotopic (exact) mass is 160 g/mol. The lowest BCUT2D eigenvalue weighted by atomic mass is 10.2. The number of aromatic nitrogens is 1. The summed E-state index contributed by atoms with van der Waals surface area (Å²) in [6.07, 6.45) is 1.81. The smallest absolute Gasteiger partial charge is 0.285 e. The molecule has 60 valence electrons. The molecule has 0 fully saturated rings. The Kier molecular flexibility index (Phi) is 1.37. The summed E-state index contributed by atoms with van der Waals surface area (Å²) in [5, 5.41) is 2.20. The molecule has 3 nitrogen and oxygen atoms in total. The number of nitrogens with zero attached hydrogens (tertiary/aromatic N) is 1. The fourth-order valence-corrected chi connectivity index (χ4v) is 1.22. The van der Waals surface area contributed by atoms with Gasteiger partial charge in [-0.05, 0) is 5.39 Å². The van der Waals surface area contributed by atoms with Gasteiger partial charge in [-0.1, -0.05) is 24.3 Å². The summed E-state index contributed by atoms with van der Waals surface area (Å²) in [6, 6.07) is 9.81. The Morgan fingerprint density at radius 2 is 1.75 bits per heavy atom. The number of fused-ring (bicyclic) bond motifs is 1. The molecule has 0 amide bonds. The second-order valence-electron chi connectivity index (χ2n) is 2.73. The number of nitrogen functional groups attached to an aromatic ring is 2. The Morgan fingerprint density at radius 1 is 1.08 bits per heavy atom. The first-order chi connectivity index (χ1) is 5.77. The first-order valence-corrected chi connectivity index (χ1v) is 3.72. The first kappa shape index (κ1) is 6.91. The van der Waals surface area contributed by atoms with Gasteiger partial charge < -0.3 is 0 Å². The van der Waals surface area contributed by atoms with Crippen molar-refractivity contribution in [1.29, 1.82) is 0 Å². The van der Waals surface area contributed by atoms with E-state index in [0.717, 1.165) is 10.8 Å². The standard InChI is InChI=1S/C9H9N3/c10-9-5-7-3-1-2-4-8(7)6-12(9)11/h1-6,10H,11H2/p+1. The topological polar surface area (TPSA) is 55.9 Å². The summed E-state index contributed by atoms with van der Waals surface area (Å²) in [5.41, 5.74) is 5.62. The van der Waals surface area contributed by atoms with E-state index in [1.807, 2.05) is 36.5 Å². The number of hydrogen-bond acceptors (Lipinski definition) is 2. The van der Waals surface area contributed by atoms with Crippen LogP contribution in [-0.2, 0) is 0 Å². The molecule has 1 heterocycles. The van der Waals surface area contributed by atoms with Gasteiger partial charge in [0.05, 0.1) is 0 Å². The van der Waals surface area contributed by atoms with Crippen molar-refractivity contribution in [1.82, 2.24) is 0 Å². The molecule has 1 aromatic carbocycles. The van der Waals surface area contributed by atoms with Crippen molar-refractivity contribution in [2.24, 2.45) is 0 Å². The minimum absolute atomic E-state index is 0.564. The highest BCUT2D eigenvalue weighted by Crippen LogP contribution is 2.11. The van der Waals surface area contributed by atoms with Crippen LogP contribution in [0.25, 0.3) is 10.8 Å². The number of anilines is 1. The van der Waals surface area contributed by atoms with E-state index in [1.165, 1.54) is 4.68 Å². The van der Waals surface area contributed by atoms with Crippen LogP contribution in [0.1, 0.15) is 0 Å². The predicted octanol–water partition coefficient (Wildman–Crippen LogP) is 0.423. The molecular weight excluding hydrogens is 150 g/mol. The molecular formula is C9H10N3+. The fourth-order valence-electron chi connectivity index (χ4n) is 1.22. The number of nitrogens with two attached hydrogens (primary N) is 2. The molecule has 0 spiro atoms. The van der Waals surface area contributed by atoms with Gasteiger partial charge in [0.2, 0.25) is 0 Å². The van der Waals surface area contributed by atoms with Crippen LogP contribution in [0.3, 0.4) is 0 Å². The molecule has 0 unspecified atom stereocenters. The van der Waals surface area contributed by atoms with E-state index in [2.05, 4.69) is 0 Å². The molecule has 0 aliphatic carbocycles. The van der Waals surface area contributed by atoms with Gasteiger partial charge in [0, 0.05) is 11.5 Å².